The Bertz CT molecular complexity index is 678. The first-order valence-electron chi connectivity index (χ1n) is 8.60. The van der Waals surface area contributed by atoms with E-state index in [4.69, 9.17) is 9.29 Å². The highest BCUT2D eigenvalue weighted by molar-refractivity contribution is 8.02. The number of ketones is 1. The van der Waals surface area contributed by atoms with Gasteiger partial charge in [-0.1, -0.05) is 0 Å². The van der Waals surface area contributed by atoms with E-state index in [1.807, 2.05) is 0 Å². The molecule has 1 aliphatic rings. The highest BCUT2D eigenvalue weighted by atomic mass is 32.2. The Kier molecular flexibility index (Phi) is 11.7. The van der Waals surface area contributed by atoms with Gasteiger partial charge in [0.15, 0.2) is 18.1 Å². The van der Waals surface area contributed by atoms with Crippen LogP contribution in [0.5, 0.6) is 0 Å². The van der Waals surface area contributed by atoms with Crippen LogP contribution >= 0.6 is 24.1 Å². The summed E-state index contributed by atoms with van der Waals surface area (Å²) >= 11 is 1.34. The van der Waals surface area contributed by atoms with E-state index in [1.165, 1.54) is 18.7 Å². The standard InChI is InChI=1S/C11H18N2O3S.C6H10N2O4S/c1-8(14)9(12-5)6-17-7-13-10(15)16-11(2,3)4;1-6(2)4(7-3-9)5(10)8(6)12-13-11/h6H,5,7H2,1-4H3,(H,13,15);3-4,11H,1-2H3,(H,7,9)/b9-6-;. The maximum absolute atomic E-state index is 11.2. The van der Waals surface area contributed by atoms with E-state index in [-0.39, 0.29) is 29.7 Å². The van der Waals surface area contributed by atoms with Crippen molar-refractivity contribution in [3.05, 3.63) is 11.1 Å². The second-order valence-corrected chi connectivity index (χ2v) is 8.52. The van der Waals surface area contributed by atoms with Crippen LogP contribution in [0.3, 0.4) is 0 Å². The molecule has 0 bridgehead atoms. The van der Waals surface area contributed by atoms with Crippen molar-refractivity contribution in [3.8, 4) is 0 Å². The van der Waals surface area contributed by atoms with Crippen molar-refractivity contribution in [3.63, 3.8) is 0 Å². The number of hydroxylamine groups is 2. The molecule has 0 aliphatic carbocycles. The molecule has 0 aromatic rings. The third kappa shape index (κ3) is 9.15. The van der Waals surface area contributed by atoms with Crippen molar-refractivity contribution < 1.29 is 32.8 Å². The second-order valence-electron chi connectivity index (χ2n) is 7.36. The summed E-state index contributed by atoms with van der Waals surface area (Å²) < 4.78 is 18.0. The molecule has 1 rings (SSSR count). The van der Waals surface area contributed by atoms with Crippen LogP contribution in [0.15, 0.2) is 16.1 Å². The number of hydrogen-bond acceptors (Lipinski definition) is 10. The summed E-state index contributed by atoms with van der Waals surface area (Å²) in [6, 6.07) is -0.586. The minimum Gasteiger partial charge on any atom is -0.444 e. The molecule has 3 amide bonds. The minimum atomic E-state index is -0.631. The summed E-state index contributed by atoms with van der Waals surface area (Å²) in [5.74, 6) is -0.232. The summed E-state index contributed by atoms with van der Waals surface area (Å²) in [4.78, 5) is 47.1. The average Bonchev–Trinajstić information content (AvgIpc) is 2.62. The van der Waals surface area contributed by atoms with Gasteiger partial charge >= 0.3 is 6.09 Å². The fourth-order valence-corrected chi connectivity index (χ4v) is 3.05. The lowest BCUT2D eigenvalue weighted by atomic mass is 9.85. The van der Waals surface area contributed by atoms with E-state index in [0.717, 1.165) is 5.06 Å². The van der Waals surface area contributed by atoms with Gasteiger partial charge in [-0.05, 0) is 41.3 Å². The number of aliphatic imine (C=N–C) groups is 1. The molecule has 0 aromatic carbocycles. The number of alkyl carbamates (subject to hydrolysis) is 1. The van der Waals surface area contributed by atoms with Crippen LogP contribution in [0.25, 0.3) is 0 Å². The first kappa shape index (κ1) is 27.9. The Morgan fingerprint density at radius 2 is 2.00 bits per heavy atom. The van der Waals surface area contributed by atoms with Gasteiger partial charge in [0.25, 0.3) is 5.91 Å². The fourth-order valence-electron chi connectivity index (χ4n) is 2.03. The topological polar surface area (TPSA) is 147 Å². The quantitative estimate of drug-likeness (QED) is 0.0887. The average molecular weight is 465 g/mol. The van der Waals surface area contributed by atoms with Gasteiger partial charge < -0.3 is 19.9 Å². The molecule has 0 spiro atoms. The van der Waals surface area contributed by atoms with Gasteiger partial charge in [-0.3, -0.25) is 19.4 Å². The number of nitrogens with one attached hydrogen (secondary N) is 2. The van der Waals surface area contributed by atoms with E-state index < -0.39 is 23.3 Å². The number of thioether (sulfide) groups is 1. The molecular weight excluding hydrogens is 436 g/mol. The van der Waals surface area contributed by atoms with Gasteiger partial charge in [0.2, 0.25) is 6.41 Å². The van der Waals surface area contributed by atoms with Crippen molar-refractivity contribution in [1.29, 1.82) is 0 Å². The number of Topliss-reactive ketones (excluding diaryl/α,β-unsaturated/α-hetero) is 1. The molecule has 1 fully saturated rings. The maximum Gasteiger partial charge on any atom is 0.408 e. The van der Waals surface area contributed by atoms with E-state index in [1.54, 1.807) is 40.0 Å². The zero-order chi connectivity index (χ0) is 23.5. The molecule has 0 radical (unpaired) electrons. The Labute approximate surface area is 184 Å². The SMILES string of the molecule is C=N/C(=C\SCNC(=O)OC(C)(C)C)C(C)=O.CC1(C)C(NC=O)C(=O)N1OSO. The monoisotopic (exact) mass is 464 g/mol. The largest absolute Gasteiger partial charge is 0.444 e. The summed E-state index contributed by atoms with van der Waals surface area (Å²) in [6.45, 7) is 13.5. The van der Waals surface area contributed by atoms with Crippen LogP contribution in [-0.2, 0) is 23.4 Å². The highest BCUT2D eigenvalue weighted by Crippen LogP contribution is 2.33. The molecule has 0 saturated carbocycles. The van der Waals surface area contributed by atoms with E-state index >= 15 is 0 Å². The molecule has 3 N–H and O–H groups in total. The molecule has 1 atom stereocenters. The van der Waals surface area contributed by atoms with E-state index in [0.29, 0.717) is 12.3 Å². The van der Waals surface area contributed by atoms with E-state index in [9.17, 15) is 19.2 Å². The summed E-state index contributed by atoms with van der Waals surface area (Å²) in [5.41, 5.74) is -0.869. The molecule has 1 heterocycles. The highest BCUT2D eigenvalue weighted by Gasteiger charge is 2.56. The summed E-state index contributed by atoms with van der Waals surface area (Å²) in [7, 11) is 0. The molecule has 1 aliphatic heterocycles. The van der Waals surface area contributed by atoms with Crippen LogP contribution in [0.4, 0.5) is 4.79 Å². The number of hydrogen-bond donors (Lipinski definition) is 3. The number of carbonyl (C=O) groups is 4. The zero-order valence-corrected chi connectivity index (χ0v) is 19.4. The number of β-lactam (4-membered cyclic amide) rings is 1. The van der Waals surface area contributed by atoms with Crippen LogP contribution in [0, 0.1) is 0 Å². The smallest absolute Gasteiger partial charge is 0.408 e. The first-order valence-corrected chi connectivity index (χ1v) is 10.3. The third-order valence-corrected chi connectivity index (χ3v) is 4.36. The Morgan fingerprint density at radius 1 is 1.40 bits per heavy atom. The number of rotatable bonds is 9. The summed E-state index contributed by atoms with van der Waals surface area (Å²) in [5, 5.41) is 7.47. The number of ether oxygens (including phenoxy) is 1. The summed E-state index contributed by atoms with van der Waals surface area (Å²) in [6.07, 6.45) is -0.0253. The van der Waals surface area contributed by atoms with Crippen LogP contribution in [0.2, 0.25) is 0 Å². The van der Waals surface area contributed by atoms with Gasteiger partial charge in [-0.25, -0.2) is 4.79 Å². The van der Waals surface area contributed by atoms with Crippen molar-refractivity contribution in [2.24, 2.45) is 4.99 Å². The molecule has 0 aromatic heterocycles. The van der Waals surface area contributed by atoms with Crippen molar-refractivity contribution in [1.82, 2.24) is 15.7 Å². The number of nitrogens with zero attached hydrogens (tertiary/aromatic N) is 2. The predicted molar refractivity (Wildman–Crippen MR) is 115 cm³/mol. The molecule has 1 unspecified atom stereocenters. The van der Waals surface area contributed by atoms with Gasteiger partial charge in [0.1, 0.15) is 17.3 Å². The third-order valence-electron chi connectivity index (χ3n) is 3.44. The predicted octanol–water partition coefficient (Wildman–Crippen LogP) is 2.11. The van der Waals surface area contributed by atoms with E-state index in [2.05, 4.69) is 26.6 Å². The minimum absolute atomic E-state index is 0.101. The molecule has 11 nitrogen and oxygen atoms in total. The Hall–Kier alpha value is -2.09. The number of carbonyl (C=O) groups excluding carboxylic acids is 4. The Balaban J connectivity index is 0.000000579. The lowest BCUT2D eigenvalue weighted by molar-refractivity contribution is -0.213. The van der Waals surface area contributed by atoms with Gasteiger partial charge in [0, 0.05) is 12.3 Å². The lowest BCUT2D eigenvalue weighted by Crippen LogP contribution is -2.75. The molecule has 170 valence electrons. The van der Waals surface area contributed by atoms with Crippen molar-refractivity contribution in [2.75, 3.05) is 5.88 Å². The van der Waals surface area contributed by atoms with Gasteiger partial charge in [-0.2, -0.15) is 9.35 Å². The first-order chi connectivity index (χ1) is 13.8. The molecule has 30 heavy (non-hydrogen) atoms. The number of allylic oxidation sites excluding steroid dienone is 1. The van der Waals surface area contributed by atoms with Crippen LogP contribution < -0.4 is 10.6 Å². The zero-order valence-electron chi connectivity index (χ0n) is 17.8. The van der Waals surface area contributed by atoms with Crippen molar-refractivity contribution in [2.45, 2.75) is 58.7 Å². The Morgan fingerprint density at radius 3 is 2.40 bits per heavy atom. The van der Waals surface area contributed by atoms with Gasteiger partial charge in [-0.15, -0.1) is 11.8 Å². The van der Waals surface area contributed by atoms with Crippen LogP contribution in [0.1, 0.15) is 41.5 Å². The molecule has 1 saturated heterocycles. The number of amides is 3. The molecule has 13 heteroatoms. The lowest BCUT2D eigenvalue weighted by Gasteiger charge is -2.50. The van der Waals surface area contributed by atoms with Crippen LogP contribution in [-0.4, -0.2) is 63.6 Å². The second kappa shape index (κ2) is 12.6. The van der Waals surface area contributed by atoms with Gasteiger partial charge in [0.05, 0.1) is 11.4 Å². The normalized spacial score (nSPS) is 17.7. The fraction of sp³-hybridized carbons (Fsp3) is 0.588. The maximum atomic E-state index is 11.2. The molecular formula is C17H28N4O7S2. The van der Waals surface area contributed by atoms with Crippen molar-refractivity contribution >= 4 is 55.0 Å².